The number of pyridine rings is 5. The lowest BCUT2D eigenvalue weighted by Gasteiger charge is -2.21. The van der Waals surface area contributed by atoms with Crippen molar-refractivity contribution in [3.8, 4) is 57.9 Å². The molecule has 588 valence electrons. The van der Waals surface area contributed by atoms with Crippen LogP contribution in [-0.2, 0) is 21.1 Å². The molecule has 0 bridgehead atoms. The summed E-state index contributed by atoms with van der Waals surface area (Å²) in [5.41, 5.74) is 19.0. The van der Waals surface area contributed by atoms with Crippen LogP contribution in [0.3, 0.4) is 0 Å². The molecule has 0 fully saturated rings. The third kappa shape index (κ3) is 16.1. The number of carbonyl (C=O) groups is 3. The average Bonchev–Trinajstić information content (AvgIpc) is 1.03. The minimum absolute atomic E-state index is 0.170. The van der Waals surface area contributed by atoms with Crippen molar-refractivity contribution in [2.45, 2.75) is 59.7 Å². The van der Waals surface area contributed by atoms with Gasteiger partial charge in [-0.15, -0.1) is 0 Å². The highest BCUT2D eigenvalue weighted by Gasteiger charge is 2.28. The zero-order valence-electron chi connectivity index (χ0n) is 66.7. The summed E-state index contributed by atoms with van der Waals surface area (Å²) in [4.78, 5) is 83.6. The highest BCUT2D eigenvalue weighted by Crippen LogP contribution is 2.33. The number of para-hydroxylation sites is 2. The zero-order valence-corrected chi connectivity index (χ0v) is 66.7. The molecule has 18 aromatic rings. The molecule has 0 radical (unpaired) electrons. The van der Waals surface area contributed by atoms with Crippen LogP contribution in [0.2, 0.25) is 0 Å². The molecule has 26 heteroatoms. The predicted octanol–water partition coefficient (Wildman–Crippen LogP) is 13.3. The van der Waals surface area contributed by atoms with E-state index in [-0.39, 0.29) is 34.9 Å². The zero-order chi connectivity index (χ0) is 83.2. The fraction of sp³-hybridized carbons (Fsp3) is 0.128. The number of anilines is 1. The normalized spacial score (nSPS) is 11.7. The summed E-state index contributed by atoms with van der Waals surface area (Å²) in [7, 11) is 5.51. The quantitative estimate of drug-likeness (QED) is 0.0781. The second kappa shape index (κ2) is 33.6. The van der Waals surface area contributed by atoms with E-state index in [1.165, 1.54) is 9.08 Å². The van der Waals surface area contributed by atoms with E-state index in [4.69, 9.17) is 15.0 Å². The van der Waals surface area contributed by atoms with Gasteiger partial charge in [-0.2, -0.15) is 30.6 Å². The maximum absolute atomic E-state index is 14.1. The summed E-state index contributed by atoms with van der Waals surface area (Å²) in [6.07, 6.45) is 16.0. The molecule has 4 N–H and O–H groups in total. The number of benzene rings is 5. The van der Waals surface area contributed by atoms with Gasteiger partial charge in [0.05, 0.1) is 148 Å². The van der Waals surface area contributed by atoms with Crippen LogP contribution in [-0.4, -0.2) is 99.9 Å². The lowest BCUT2D eigenvalue weighted by atomic mass is 9.97. The first-order valence-corrected chi connectivity index (χ1v) is 38.5. The minimum atomic E-state index is -0.640. The summed E-state index contributed by atoms with van der Waals surface area (Å²) >= 11 is 0. The van der Waals surface area contributed by atoms with E-state index >= 15 is 0 Å². The molecule has 0 aliphatic rings. The Labute approximate surface area is 687 Å². The topological polar surface area (TPSA) is 287 Å². The van der Waals surface area contributed by atoms with E-state index in [1.807, 2.05) is 236 Å². The number of rotatable bonds is 13. The van der Waals surface area contributed by atoms with Crippen LogP contribution in [0.5, 0.6) is 0 Å². The van der Waals surface area contributed by atoms with Gasteiger partial charge in [0.1, 0.15) is 11.3 Å². The van der Waals surface area contributed by atoms with Gasteiger partial charge >= 0.3 is 0 Å². The Balaban J connectivity index is 0.000000134. The molecule has 0 aliphatic carbocycles. The average molecular weight is 1580 g/mol. The maximum atomic E-state index is 14.1. The van der Waals surface area contributed by atoms with E-state index in [0.717, 1.165) is 55.5 Å². The maximum Gasteiger partial charge on any atom is 0.281 e. The van der Waals surface area contributed by atoms with Crippen molar-refractivity contribution >= 4 is 67.4 Å². The molecule has 3 amide bonds. The molecular weight excluding hydrogens is 1500 g/mol. The van der Waals surface area contributed by atoms with Crippen molar-refractivity contribution in [1.82, 2.24) is 98.2 Å². The molecule has 18 rings (SSSR count). The molecule has 3 atom stereocenters. The predicted molar refractivity (Wildman–Crippen MR) is 461 cm³/mol. The van der Waals surface area contributed by atoms with Crippen LogP contribution in [0.25, 0.3) is 66.4 Å². The Morgan fingerprint density at radius 3 is 1.43 bits per heavy atom. The Hall–Kier alpha value is -16.4. The number of aromatic nitrogens is 17. The van der Waals surface area contributed by atoms with Gasteiger partial charge in [0.15, 0.2) is 5.82 Å². The number of hydrogen-bond acceptors (Lipinski definition) is 15. The molecule has 0 saturated carbocycles. The van der Waals surface area contributed by atoms with Crippen molar-refractivity contribution in [2.24, 2.45) is 21.1 Å². The molecule has 0 saturated heterocycles. The number of amides is 3. The first-order chi connectivity index (χ1) is 58.3. The van der Waals surface area contributed by atoms with E-state index in [0.29, 0.717) is 101 Å². The molecule has 0 spiro atoms. The van der Waals surface area contributed by atoms with Gasteiger partial charge in [0.25, 0.3) is 28.8 Å². The largest absolute Gasteiger partial charge is 0.345 e. The molecule has 26 nitrogen and oxygen atoms in total. The van der Waals surface area contributed by atoms with Crippen molar-refractivity contribution < 1.29 is 14.4 Å². The van der Waals surface area contributed by atoms with Gasteiger partial charge in [0, 0.05) is 80.4 Å². The summed E-state index contributed by atoms with van der Waals surface area (Å²) in [5.74, 6) is 18.4. The number of fused-ring (bicyclic) bond motifs is 6. The SMILES string of the molecule is Cc1nn2ccccc2c1C(=O)N[C@@H](C)c1cc2cccc(C#Cc3cnn(C)c3)c2nc1-c1ccccc1.Cc1nn2ccccc2c1C(=O)N[C@@H](C)c1nc2cccc(C#Cc3cnn(C)c3)c2c(=O)n1Nc1ccccc1.Cc1nn2ccccc2c1C(=O)N[C@@H](C)c1nc2cccc(C#Cc3cnn(C)c3)n2c(=O)c1-c1ccccc1. The second-order valence-corrected chi connectivity index (χ2v) is 28.6. The van der Waals surface area contributed by atoms with Crippen LogP contribution in [0.4, 0.5) is 5.69 Å². The number of nitrogens with one attached hydrogen (secondary N) is 4. The molecule has 0 unspecified atom stereocenters. The first kappa shape index (κ1) is 77.5. The highest BCUT2D eigenvalue weighted by atomic mass is 16.2. The van der Waals surface area contributed by atoms with Crippen LogP contribution < -0.4 is 32.5 Å². The first-order valence-electron chi connectivity index (χ1n) is 38.5. The Morgan fingerprint density at radius 2 is 0.900 bits per heavy atom. The van der Waals surface area contributed by atoms with E-state index in [1.54, 1.807) is 110 Å². The molecule has 13 heterocycles. The van der Waals surface area contributed by atoms with Gasteiger partial charge in [0.2, 0.25) is 0 Å². The van der Waals surface area contributed by atoms with Crippen molar-refractivity contribution in [3.63, 3.8) is 0 Å². The fourth-order valence-corrected chi connectivity index (χ4v) is 14.4. The van der Waals surface area contributed by atoms with Gasteiger partial charge < -0.3 is 16.0 Å². The Bertz CT molecular complexity index is 7360. The summed E-state index contributed by atoms with van der Waals surface area (Å²) in [5, 5.41) is 36.5. The van der Waals surface area contributed by atoms with Gasteiger partial charge in [-0.05, 0) is 138 Å². The van der Waals surface area contributed by atoms with Crippen LogP contribution in [0.1, 0.15) is 138 Å². The van der Waals surface area contributed by atoms with E-state index in [9.17, 15) is 24.0 Å². The number of carbonyl (C=O) groups excluding carboxylic acids is 3. The molecule has 120 heavy (non-hydrogen) atoms. The smallest absolute Gasteiger partial charge is 0.281 e. The minimum Gasteiger partial charge on any atom is -0.345 e. The highest BCUT2D eigenvalue weighted by molar-refractivity contribution is 6.04. The molecule has 13 aromatic heterocycles. The molecule has 0 aliphatic heterocycles. The third-order valence-electron chi connectivity index (χ3n) is 20.1. The molecular formula is C94H77N21O5. The summed E-state index contributed by atoms with van der Waals surface area (Å²) in [6.45, 7) is 11.1. The van der Waals surface area contributed by atoms with Crippen LogP contribution >= 0.6 is 0 Å². The molecule has 5 aromatic carbocycles. The van der Waals surface area contributed by atoms with Crippen LogP contribution in [0, 0.1) is 56.3 Å². The summed E-state index contributed by atoms with van der Waals surface area (Å²) < 4.78 is 13.0. The standard InChI is InChI=1S/C32H26N6O.C31H26N8O2.C31H25N7O2/c1-21(34-32(39)29-22(2)36-38-17-8-7-14-28(29)38)27-18-26-13-9-12-25(16-15-23-19-33-37(3)20-23)30(26)35-31(27)24-10-5-4-6-11-24;1-20-27(26-14-7-8-17-38(26)35-20)30(40)33-21(2)29-34-25-13-9-10-23(16-15-22-18-32-37(3)19-22)28(25)31(41)39(29)36-24-11-5-4-6-12-24;1-20-27(25-13-7-8-17-37(25)35-20)30(39)33-21(2)29-28(23-10-5-4-6-11-23)31(40)38-24(12-9-14-26(38)34-29)16-15-22-18-32-36(3)19-22/h4-14,17-21H,1-3H3,(H,34,39);4-14,17-19,21,36H,1-3H3,(H,33,40);4-14,17-19,21H,1-3H3,(H,33,39)/t3*21-/m000/s1. The van der Waals surface area contributed by atoms with Crippen LogP contribution in [0.15, 0.2) is 272 Å². The van der Waals surface area contributed by atoms with Crippen molar-refractivity contribution in [2.75, 3.05) is 5.43 Å². The monoisotopic (exact) mass is 1580 g/mol. The number of aryl methyl sites for hydroxylation is 6. The Kier molecular flexibility index (Phi) is 21.7. The van der Waals surface area contributed by atoms with Gasteiger partial charge in [-0.25, -0.2) is 33.2 Å². The lowest BCUT2D eigenvalue weighted by molar-refractivity contribution is 0.0930. The van der Waals surface area contributed by atoms with Crippen molar-refractivity contribution in [3.05, 3.63) is 367 Å². The van der Waals surface area contributed by atoms with Gasteiger partial charge in [-0.3, -0.25) is 47.8 Å². The fourth-order valence-electron chi connectivity index (χ4n) is 14.4. The lowest BCUT2D eigenvalue weighted by Crippen LogP contribution is -2.37. The second-order valence-electron chi connectivity index (χ2n) is 28.6. The summed E-state index contributed by atoms with van der Waals surface area (Å²) in [6, 6.07) is 62.8. The van der Waals surface area contributed by atoms with E-state index < -0.39 is 12.1 Å². The third-order valence-corrected chi connectivity index (χ3v) is 20.1. The van der Waals surface area contributed by atoms with Crippen molar-refractivity contribution in [1.29, 1.82) is 0 Å². The Morgan fingerprint density at radius 1 is 0.433 bits per heavy atom. The number of hydrogen-bond donors (Lipinski definition) is 4. The number of nitrogens with zero attached hydrogens (tertiary/aromatic N) is 17. The van der Waals surface area contributed by atoms with Gasteiger partial charge in [-0.1, -0.05) is 151 Å². The van der Waals surface area contributed by atoms with E-state index in [2.05, 4.69) is 93.6 Å².